The van der Waals surface area contributed by atoms with Crippen LogP contribution in [0.3, 0.4) is 0 Å². The summed E-state index contributed by atoms with van der Waals surface area (Å²) in [6, 6.07) is 11.4. The molecule has 1 heterocycles. The Morgan fingerprint density at radius 3 is 2.36 bits per heavy atom. The number of nitrogens with two attached hydrogens (primary N) is 1. The van der Waals surface area contributed by atoms with E-state index in [0.717, 1.165) is 5.56 Å². The van der Waals surface area contributed by atoms with Gasteiger partial charge in [0.25, 0.3) is 5.91 Å². The molecule has 0 aliphatic heterocycles. The summed E-state index contributed by atoms with van der Waals surface area (Å²) < 4.78 is 0. The summed E-state index contributed by atoms with van der Waals surface area (Å²) in [5.41, 5.74) is 8.38. The highest BCUT2D eigenvalue weighted by atomic mass is 32.1. The molecule has 1 unspecified atom stereocenters. The summed E-state index contributed by atoms with van der Waals surface area (Å²) in [4.78, 5) is 26.2. The normalized spacial score (nSPS) is 12.0. The molecule has 0 fully saturated rings. The zero-order valence-corrected chi connectivity index (χ0v) is 15.7. The van der Waals surface area contributed by atoms with Crippen LogP contribution >= 0.6 is 11.3 Å². The lowest BCUT2D eigenvalue weighted by atomic mass is 9.99. The molecule has 2 amide bonds. The smallest absolute Gasteiger partial charge is 0.264 e. The molecule has 2 rings (SSSR count). The van der Waals surface area contributed by atoms with Gasteiger partial charge in [0.1, 0.15) is 0 Å². The van der Waals surface area contributed by atoms with Gasteiger partial charge in [-0.25, -0.2) is 0 Å². The number of carbonyl (C=O) groups is 2. The molecule has 1 aromatic carbocycles. The summed E-state index contributed by atoms with van der Waals surface area (Å²) >= 11 is 1.36. The Morgan fingerprint density at radius 1 is 1.16 bits per heavy atom. The maximum absolute atomic E-state index is 12.1. The van der Waals surface area contributed by atoms with Gasteiger partial charge >= 0.3 is 0 Å². The van der Waals surface area contributed by atoms with Crippen molar-refractivity contribution in [2.75, 3.05) is 20.1 Å². The first-order valence-corrected chi connectivity index (χ1v) is 9.17. The van der Waals surface area contributed by atoms with Crippen molar-refractivity contribution in [2.45, 2.75) is 25.8 Å². The lowest BCUT2D eigenvalue weighted by Crippen LogP contribution is -2.40. The molecule has 3 N–H and O–H groups in total. The van der Waals surface area contributed by atoms with E-state index in [4.69, 9.17) is 5.73 Å². The van der Waals surface area contributed by atoms with Gasteiger partial charge in [0.05, 0.1) is 11.4 Å². The van der Waals surface area contributed by atoms with Crippen LogP contribution in [0.25, 0.3) is 0 Å². The average Bonchev–Trinajstić information content (AvgIpc) is 3.13. The first-order chi connectivity index (χ1) is 11.9. The highest BCUT2D eigenvalue weighted by Crippen LogP contribution is 2.17. The lowest BCUT2D eigenvalue weighted by molar-refractivity contribution is -0.121. The zero-order valence-electron chi connectivity index (χ0n) is 14.9. The van der Waals surface area contributed by atoms with Crippen LogP contribution < -0.4 is 11.1 Å². The molecule has 1 atom stereocenters. The first-order valence-electron chi connectivity index (χ1n) is 8.29. The Hall–Kier alpha value is -2.18. The van der Waals surface area contributed by atoms with Crippen LogP contribution in [0.15, 0.2) is 41.8 Å². The van der Waals surface area contributed by atoms with E-state index in [-0.39, 0.29) is 24.4 Å². The number of rotatable bonds is 7. The lowest BCUT2D eigenvalue weighted by Gasteiger charge is -2.18. The minimum atomic E-state index is -0.275. The number of nitrogens with zero attached hydrogens (tertiary/aromatic N) is 1. The van der Waals surface area contributed by atoms with Crippen LogP contribution in [0, 0.1) is 0 Å². The van der Waals surface area contributed by atoms with Crippen LogP contribution in [0.1, 0.15) is 46.6 Å². The van der Waals surface area contributed by atoms with E-state index >= 15 is 0 Å². The second-order valence-electron chi connectivity index (χ2n) is 6.37. The summed E-state index contributed by atoms with van der Waals surface area (Å²) in [5.74, 6) is 0.0989. The predicted octanol–water partition coefficient (Wildman–Crippen LogP) is 2.76. The molecule has 0 aliphatic rings. The molecule has 6 heteroatoms. The SMILES string of the molecule is CC(C)c1ccc(C(N)CNC(=O)CN(C)C(=O)c2cccs2)cc1. The highest BCUT2D eigenvalue weighted by Gasteiger charge is 2.16. The van der Waals surface area contributed by atoms with E-state index in [2.05, 4.69) is 31.3 Å². The van der Waals surface area contributed by atoms with Crippen molar-refractivity contribution < 1.29 is 9.59 Å². The number of likely N-dealkylation sites (N-methyl/N-ethyl adjacent to an activating group) is 1. The van der Waals surface area contributed by atoms with E-state index < -0.39 is 0 Å². The van der Waals surface area contributed by atoms with Gasteiger partial charge in [-0.2, -0.15) is 0 Å². The highest BCUT2D eigenvalue weighted by molar-refractivity contribution is 7.12. The Kier molecular flexibility index (Phi) is 6.73. The summed E-state index contributed by atoms with van der Waals surface area (Å²) in [6.45, 7) is 4.63. The second-order valence-corrected chi connectivity index (χ2v) is 7.32. The molecule has 0 aliphatic carbocycles. The fraction of sp³-hybridized carbons (Fsp3) is 0.368. The molecule has 25 heavy (non-hydrogen) atoms. The van der Waals surface area contributed by atoms with Gasteiger partial charge in [-0.15, -0.1) is 11.3 Å². The fourth-order valence-corrected chi connectivity index (χ4v) is 3.12. The number of thiophene rings is 1. The van der Waals surface area contributed by atoms with Crippen molar-refractivity contribution in [2.24, 2.45) is 5.73 Å². The Morgan fingerprint density at radius 2 is 1.80 bits per heavy atom. The Balaban J connectivity index is 1.81. The van der Waals surface area contributed by atoms with Gasteiger partial charge in [0.2, 0.25) is 5.91 Å². The Labute approximate surface area is 152 Å². The van der Waals surface area contributed by atoms with E-state index in [0.29, 0.717) is 17.3 Å². The quantitative estimate of drug-likeness (QED) is 0.798. The number of benzene rings is 1. The molecular formula is C19H25N3O2S. The molecule has 0 bridgehead atoms. The van der Waals surface area contributed by atoms with Gasteiger partial charge in [-0.1, -0.05) is 44.2 Å². The summed E-state index contributed by atoms with van der Waals surface area (Å²) in [6.07, 6.45) is 0. The topological polar surface area (TPSA) is 75.4 Å². The predicted molar refractivity (Wildman–Crippen MR) is 102 cm³/mol. The minimum Gasteiger partial charge on any atom is -0.353 e. The van der Waals surface area contributed by atoms with Crippen molar-refractivity contribution in [3.63, 3.8) is 0 Å². The van der Waals surface area contributed by atoms with Crippen molar-refractivity contribution in [1.29, 1.82) is 0 Å². The van der Waals surface area contributed by atoms with Gasteiger partial charge in [-0.05, 0) is 28.5 Å². The van der Waals surface area contributed by atoms with Crippen LogP contribution in [-0.2, 0) is 4.79 Å². The molecule has 0 radical (unpaired) electrons. The molecule has 0 spiro atoms. The summed E-state index contributed by atoms with van der Waals surface area (Å²) in [7, 11) is 1.62. The number of carbonyl (C=O) groups excluding carboxylic acids is 2. The number of amides is 2. The van der Waals surface area contributed by atoms with Crippen LogP contribution in [-0.4, -0.2) is 36.9 Å². The van der Waals surface area contributed by atoms with Gasteiger partial charge in [0, 0.05) is 19.6 Å². The van der Waals surface area contributed by atoms with E-state index in [1.807, 2.05) is 23.6 Å². The molecule has 0 saturated carbocycles. The monoisotopic (exact) mass is 359 g/mol. The van der Waals surface area contributed by atoms with Crippen LogP contribution in [0.5, 0.6) is 0 Å². The minimum absolute atomic E-state index is 0.00966. The van der Waals surface area contributed by atoms with Crippen molar-refractivity contribution in [3.8, 4) is 0 Å². The Bertz CT molecular complexity index is 696. The third kappa shape index (κ3) is 5.41. The molecule has 1 aromatic heterocycles. The van der Waals surface area contributed by atoms with E-state index in [9.17, 15) is 9.59 Å². The van der Waals surface area contributed by atoms with Gasteiger partial charge in [0.15, 0.2) is 0 Å². The number of hydrogen-bond donors (Lipinski definition) is 2. The summed E-state index contributed by atoms with van der Waals surface area (Å²) in [5, 5.41) is 4.63. The largest absolute Gasteiger partial charge is 0.353 e. The van der Waals surface area contributed by atoms with Crippen LogP contribution in [0.2, 0.25) is 0 Å². The number of nitrogens with one attached hydrogen (secondary N) is 1. The third-order valence-electron chi connectivity index (χ3n) is 4.01. The molecule has 2 aromatic rings. The second kappa shape index (κ2) is 8.78. The maximum Gasteiger partial charge on any atom is 0.264 e. The van der Waals surface area contributed by atoms with Crippen molar-refractivity contribution in [1.82, 2.24) is 10.2 Å². The van der Waals surface area contributed by atoms with E-state index in [1.165, 1.54) is 21.8 Å². The van der Waals surface area contributed by atoms with Gasteiger partial charge in [-0.3, -0.25) is 9.59 Å². The van der Waals surface area contributed by atoms with E-state index in [1.54, 1.807) is 13.1 Å². The zero-order chi connectivity index (χ0) is 18.4. The van der Waals surface area contributed by atoms with Crippen molar-refractivity contribution >= 4 is 23.2 Å². The average molecular weight is 359 g/mol. The molecular weight excluding hydrogens is 334 g/mol. The molecule has 5 nitrogen and oxygen atoms in total. The molecule has 134 valence electrons. The standard InChI is InChI=1S/C19H25N3O2S/c1-13(2)14-6-8-15(9-7-14)16(20)11-21-18(23)12-22(3)19(24)17-5-4-10-25-17/h4-10,13,16H,11-12,20H2,1-3H3,(H,21,23). The maximum atomic E-state index is 12.1. The first kappa shape index (κ1) is 19.1. The van der Waals surface area contributed by atoms with Crippen LogP contribution in [0.4, 0.5) is 0 Å². The van der Waals surface area contributed by atoms with Gasteiger partial charge < -0.3 is 16.0 Å². The molecule has 0 saturated heterocycles. The van der Waals surface area contributed by atoms with Crippen molar-refractivity contribution in [3.05, 3.63) is 57.8 Å². The number of hydrogen-bond acceptors (Lipinski definition) is 4. The fourth-order valence-electron chi connectivity index (χ4n) is 2.40. The third-order valence-corrected chi connectivity index (χ3v) is 4.87.